The Kier molecular flexibility index (Phi) is 7.22. The number of methoxy groups -OCH3 is 2. The first kappa shape index (κ1) is 20.5. The molecule has 150 valence electrons. The van der Waals surface area contributed by atoms with Gasteiger partial charge >= 0.3 is 0 Å². The molecule has 1 fully saturated rings. The molecule has 0 aliphatic carbocycles. The summed E-state index contributed by atoms with van der Waals surface area (Å²) in [5.74, 6) is 2.50. The topological polar surface area (TPSA) is 67.9 Å². The van der Waals surface area contributed by atoms with Crippen LogP contribution in [0.25, 0.3) is 0 Å². The van der Waals surface area contributed by atoms with Gasteiger partial charge in [-0.3, -0.25) is 9.59 Å². The number of hydrogen-bond acceptors (Lipinski definition) is 6. The number of thiophene rings is 1. The Hall–Kier alpha value is -2.19. The molecule has 2 aromatic rings. The van der Waals surface area contributed by atoms with Gasteiger partial charge in [-0.1, -0.05) is 0 Å². The smallest absolute Gasteiger partial charge is 0.227 e. The Morgan fingerprint density at radius 2 is 2.18 bits per heavy atom. The third-order valence-corrected chi connectivity index (χ3v) is 6.33. The Bertz CT molecular complexity index is 811. The van der Waals surface area contributed by atoms with E-state index in [9.17, 15) is 9.59 Å². The minimum Gasteiger partial charge on any atom is -0.497 e. The van der Waals surface area contributed by atoms with E-state index in [1.807, 2.05) is 0 Å². The van der Waals surface area contributed by atoms with Gasteiger partial charge in [0.05, 0.1) is 25.8 Å². The predicted molar refractivity (Wildman–Crippen MR) is 113 cm³/mol. The zero-order chi connectivity index (χ0) is 19.9. The van der Waals surface area contributed by atoms with Crippen LogP contribution in [0.2, 0.25) is 0 Å². The number of carbonyl (C=O) groups excluding carboxylic acids is 2. The van der Waals surface area contributed by atoms with Crippen molar-refractivity contribution >= 4 is 40.6 Å². The molecule has 0 radical (unpaired) electrons. The van der Waals surface area contributed by atoms with Gasteiger partial charge in [0.25, 0.3) is 0 Å². The molecule has 1 aliphatic rings. The molecule has 1 saturated heterocycles. The molecule has 28 heavy (non-hydrogen) atoms. The number of nitrogens with one attached hydrogen (secondary N) is 1. The molecule has 2 heterocycles. The molecule has 1 unspecified atom stereocenters. The van der Waals surface area contributed by atoms with Gasteiger partial charge in [-0.15, -0.1) is 0 Å². The molecule has 1 aromatic heterocycles. The fourth-order valence-corrected chi connectivity index (χ4v) is 4.66. The summed E-state index contributed by atoms with van der Waals surface area (Å²) >= 11 is 3.48. The summed E-state index contributed by atoms with van der Waals surface area (Å²) < 4.78 is 10.6. The second kappa shape index (κ2) is 9.84. The molecule has 1 atom stereocenters. The van der Waals surface area contributed by atoms with E-state index in [4.69, 9.17) is 9.47 Å². The monoisotopic (exact) mass is 420 g/mol. The highest BCUT2D eigenvalue weighted by Gasteiger charge is 2.36. The van der Waals surface area contributed by atoms with Gasteiger partial charge in [-0.25, -0.2) is 0 Å². The first-order valence-corrected chi connectivity index (χ1v) is 11.1. The molecule has 1 N–H and O–H groups in total. The van der Waals surface area contributed by atoms with E-state index in [0.717, 1.165) is 11.5 Å². The molecule has 0 bridgehead atoms. The predicted octanol–water partition coefficient (Wildman–Crippen LogP) is 3.17. The fourth-order valence-electron chi connectivity index (χ4n) is 3.08. The first-order chi connectivity index (χ1) is 13.6. The molecular weight excluding hydrogens is 396 g/mol. The number of hydrogen-bond donors (Lipinski definition) is 1. The van der Waals surface area contributed by atoms with Gasteiger partial charge in [0, 0.05) is 37.1 Å². The fraction of sp³-hybridized carbons (Fsp3) is 0.400. The average Bonchev–Trinajstić information content (AvgIpc) is 3.36. The minimum atomic E-state index is -0.356. The highest BCUT2D eigenvalue weighted by molar-refractivity contribution is 7.98. The Balaban J connectivity index is 1.51. The molecular formula is C20H24N2O4S2. The first-order valence-electron chi connectivity index (χ1n) is 9.01. The number of carbonyl (C=O) groups is 2. The summed E-state index contributed by atoms with van der Waals surface area (Å²) in [5.41, 5.74) is 1.94. The molecule has 8 heteroatoms. The number of benzene rings is 1. The number of amides is 2. The number of rotatable bonds is 9. The van der Waals surface area contributed by atoms with E-state index < -0.39 is 0 Å². The standard InChI is InChI=1S/C20H24N2O4S2/c1-25-16-3-4-18(26-2)17(10-16)22-11-15(9-19(22)23)20(24)21-6-8-28-13-14-5-7-27-12-14/h3-5,7,10,12,15H,6,8-9,11,13H2,1-2H3,(H,21,24). The van der Waals surface area contributed by atoms with Gasteiger partial charge in [-0.05, 0) is 34.5 Å². The van der Waals surface area contributed by atoms with Crippen LogP contribution in [-0.4, -0.2) is 44.9 Å². The van der Waals surface area contributed by atoms with Crippen LogP contribution in [0.5, 0.6) is 11.5 Å². The lowest BCUT2D eigenvalue weighted by atomic mass is 10.1. The van der Waals surface area contributed by atoms with Gasteiger partial charge in [0.1, 0.15) is 11.5 Å². The van der Waals surface area contributed by atoms with Crippen molar-refractivity contribution in [2.75, 3.05) is 38.0 Å². The van der Waals surface area contributed by atoms with Gasteiger partial charge in [-0.2, -0.15) is 23.1 Å². The summed E-state index contributed by atoms with van der Waals surface area (Å²) in [6.45, 7) is 0.942. The van der Waals surface area contributed by atoms with E-state index in [1.54, 1.807) is 60.4 Å². The summed E-state index contributed by atoms with van der Waals surface area (Å²) in [6.07, 6.45) is 0.203. The molecule has 1 aliphatic heterocycles. The van der Waals surface area contributed by atoms with Crippen LogP contribution in [0.3, 0.4) is 0 Å². The quantitative estimate of drug-likeness (QED) is 0.631. The van der Waals surface area contributed by atoms with E-state index in [2.05, 4.69) is 22.1 Å². The van der Waals surface area contributed by atoms with Crippen molar-refractivity contribution in [2.24, 2.45) is 5.92 Å². The van der Waals surface area contributed by atoms with Crippen molar-refractivity contribution in [1.29, 1.82) is 0 Å². The molecule has 3 rings (SSSR count). The van der Waals surface area contributed by atoms with Crippen LogP contribution in [0, 0.1) is 5.92 Å². The van der Waals surface area contributed by atoms with Crippen LogP contribution in [-0.2, 0) is 15.3 Å². The van der Waals surface area contributed by atoms with Crippen LogP contribution in [0.15, 0.2) is 35.0 Å². The lowest BCUT2D eigenvalue weighted by Crippen LogP contribution is -2.34. The van der Waals surface area contributed by atoms with Crippen LogP contribution < -0.4 is 19.7 Å². The maximum Gasteiger partial charge on any atom is 0.227 e. The third-order valence-electron chi connectivity index (χ3n) is 4.57. The maximum atomic E-state index is 12.5. The molecule has 0 saturated carbocycles. The Morgan fingerprint density at radius 1 is 1.32 bits per heavy atom. The molecule has 2 amide bonds. The largest absolute Gasteiger partial charge is 0.497 e. The van der Waals surface area contributed by atoms with E-state index >= 15 is 0 Å². The minimum absolute atomic E-state index is 0.0751. The van der Waals surface area contributed by atoms with Crippen LogP contribution in [0.1, 0.15) is 12.0 Å². The zero-order valence-corrected chi connectivity index (χ0v) is 17.6. The second-order valence-corrected chi connectivity index (χ2v) is 8.30. The highest BCUT2D eigenvalue weighted by Crippen LogP contribution is 2.36. The number of nitrogens with zero attached hydrogens (tertiary/aromatic N) is 1. The SMILES string of the molecule is COc1ccc(OC)c(N2CC(C(=O)NCCSCc3ccsc3)CC2=O)c1. The van der Waals surface area contributed by atoms with E-state index in [1.165, 1.54) is 5.56 Å². The van der Waals surface area contributed by atoms with E-state index in [0.29, 0.717) is 30.3 Å². The summed E-state index contributed by atoms with van der Waals surface area (Å²) in [4.78, 5) is 26.6. The molecule has 6 nitrogen and oxygen atoms in total. The Morgan fingerprint density at radius 3 is 2.89 bits per heavy atom. The van der Waals surface area contributed by atoms with Gasteiger partial charge in [0.15, 0.2) is 0 Å². The van der Waals surface area contributed by atoms with Crippen molar-refractivity contribution in [3.05, 3.63) is 40.6 Å². The van der Waals surface area contributed by atoms with Crippen molar-refractivity contribution < 1.29 is 19.1 Å². The van der Waals surface area contributed by atoms with Crippen LogP contribution >= 0.6 is 23.1 Å². The van der Waals surface area contributed by atoms with Crippen molar-refractivity contribution in [3.8, 4) is 11.5 Å². The average molecular weight is 421 g/mol. The molecule has 1 aromatic carbocycles. The van der Waals surface area contributed by atoms with Gasteiger partial charge < -0.3 is 19.7 Å². The van der Waals surface area contributed by atoms with E-state index in [-0.39, 0.29) is 24.2 Å². The highest BCUT2D eigenvalue weighted by atomic mass is 32.2. The molecule has 0 spiro atoms. The lowest BCUT2D eigenvalue weighted by molar-refractivity contribution is -0.126. The van der Waals surface area contributed by atoms with Crippen molar-refractivity contribution in [1.82, 2.24) is 5.32 Å². The number of anilines is 1. The summed E-state index contributed by atoms with van der Waals surface area (Å²) in [6, 6.07) is 7.42. The lowest BCUT2D eigenvalue weighted by Gasteiger charge is -2.20. The summed E-state index contributed by atoms with van der Waals surface area (Å²) in [7, 11) is 3.13. The van der Waals surface area contributed by atoms with Crippen molar-refractivity contribution in [2.45, 2.75) is 12.2 Å². The van der Waals surface area contributed by atoms with Crippen LogP contribution in [0.4, 0.5) is 5.69 Å². The van der Waals surface area contributed by atoms with Crippen molar-refractivity contribution in [3.63, 3.8) is 0 Å². The number of ether oxygens (including phenoxy) is 2. The van der Waals surface area contributed by atoms with Gasteiger partial charge in [0.2, 0.25) is 11.8 Å². The third kappa shape index (κ3) is 4.99. The maximum absolute atomic E-state index is 12.5. The summed E-state index contributed by atoms with van der Waals surface area (Å²) in [5, 5.41) is 7.16. The zero-order valence-electron chi connectivity index (χ0n) is 16.0. The second-order valence-electron chi connectivity index (χ2n) is 6.42. The normalized spacial score (nSPS) is 16.3. The Labute approximate surface area is 173 Å². The number of thioether (sulfide) groups is 1.